The Morgan fingerprint density at radius 3 is 2.95 bits per heavy atom. The number of hydrogen-bond acceptors (Lipinski definition) is 4. The fourth-order valence-electron chi connectivity index (χ4n) is 2.73. The van der Waals surface area contributed by atoms with Crippen molar-refractivity contribution in [2.24, 2.45) is 0 Å². The molecule has 1 aliphatic carbocycles. The average molecular weight is 349 g/mol. The third kappa shape index (κ3) is 3.30. The van der Waals surface area contributed by atoms with E-state index < -0.39 is 0 Å². The maximum absolute atomic E-state index is 6.04. The average Bonchev–Trinajstić information content (AvgIpc) is 3.31. The summed E-state index contributed by atoms with van der Waals surface area (Å²) in [5.74, 6) is 0. The summed E-state index contributed by atoms with van der Waals surface area (Å²) in [5, 5.41) is 4.50. The lowest BCUT2D eigenvalue weighted by molar-refractivity contribution is 0.289. The lowest BCUT2D eigenvalue weighted by Gasteiger charge is -2.20. The number of anilines is 2. The van der Waals surface area contributed by atoms with Gasteiger partial charge in [0.05, 0.1) is 11.2 Å². The van der Waals surface area contributed by atoms with E-state index in [9.17, 15) is 0 Å². The van der Waals surface area contributed by atoms with Crippen molar-refractivity contribution in [3.63, 3.8) is 0 Å². The first-order valence-electron chi connectivity index (χ1n) is 7.50. The molecule has 0 aliphatic heterocycles. The number of nitrogens with one attached hydrogen (secondary N) is 1. The zero-order valence-electron chi connectivity index (χ0n) is 12.3. The highest BCUT2D eigenvalue weighted by Crippen LogP contribution is 2.29. The molecule has 3 N–H and O–H groups in total. The number of likely N-dealkylation sites (N-methyl/N-ethyl adjacent to an activating group) is 1. The third-order valence-electron chi connectivity index (χ3n) is 4.03. The normalized spacial score (nSPS) is 14.8. The van der Waals surface area contributed by atoms with Crippen molar-refractivity contribution in [3.8, 4) is 0 Å². The summed E-state index contributed by atoms with van der Waals surface area (Å²) in [6, 6.07) is 6.79. The quantitative estimate of drug-likeness (QED) is 0.784. The monoisotopic (exact) mass is 348 g/mol. The van der Waals surface area contributed by atoms with Crippen LogP contribution in [-0.4, -0.2) is 35.6 Å². The summed E-state index contributed by atoms with van der Waals surface area (Å²) < 4.78 is 0.949. The van der Waals surface area contributed by atoms with Crippen LogP contribution in [0.2, 0.25) is 0 Å². The first kappa shape index (κ1) is 14.6. The zero-order chi connectivity index (χ0) is 14.8. The molecule has 4 nitrogen and oxygen atoms in total. The van der Waals surface area contributed by atoms with E-state index in [2.05, 4.69) is 38.1 Å². The molecule has 0 radical (unpaired) electrons. The van der Waals surface area contributed by atoms with Crippen LogP contribution in [0.3, 0.4) is 0 Å². The summed E-state index contributed by atoms with van der Waals surface area (Å²) >= 11 is 3.45. The van der Waals surface area contributed by atoms with Gasteiger partial charge in [0.2, 0.25) is 0 Å². The first-order valence-corrected chi connectivity index (χ1v) is 8.30. The number of halogens is 1. The molecule has 0 unspecified atom stereocenters. The molecule has 112 valence electrons. The summed E-state index contributed by atoms with van der Waals surface area (Å²) in [6.45, 7) is 5.36. The van der Waals surface area contributed by atoms with Gasteiger partial charge in [-0.3, -0.25) is 9.88 Å². The molecule has 1 aromatic heterocycles. The number of hydrogen-bond donors (Lipinski definition) is 2. The Balaban J connectivity index is 1.73. The van der Waals surface area contributed by atoms with Crippen molar-refractivity contribution in [1.29, 1.82) is 0 Å². The Morgan fingerprint density at radius 2 is 2.24 bits per heavy atom. The largest absolute Gasteiger partial charge is 0.398 e. The van der Waals surface area contributed by atoms with E-state index in [1.54, 1.807) is 0 Å². The molecular formula is C16H21BrN4. The minimum Gasteiger partial charge on any atom is -0.398 e. The predicted molar refractivity (Wildman–Crippen MR) is 92.6 cm³/mol. The maximum atomic E-state index is 6.04. The van der Waals surface area contributed by atoms with E-state index in [0.717, 1.165) is 52.4 Å². The van der Waals surface area contributed by atoms with Gasteiger partial charge in [-0.25, -0.2) is 0 Å². The fraction of sp³-hybridized carbons (Fsp3) is 0.438. The van der Waals surface area contributed by atoms with Gasteiger partial charge in [0.25, 0.3) is 0 Å². The molecule has 1 saturated carbocycles. The van der Waals surface area contributed by atoms with Crippen LogP contribution in [0.4, 0.5) is 11.4 Å². The number of aromatic nitrogens is 1. The highest BCUT2D eigenvalue weighted by Gasteiger charge is 2.27. The molecule has 21 heavy (non-hydrogen) atoms. The fourth-order valence-corrected chi connectivity index (χ4v) is 3.06. The summed E-state index contributed by atoms with van der Waals surface area (Å²) in [7, 11) is 0. The van der Waals surface area contributed by atoms with Crippen molar-refractivity contribution in [1.82, 2.24) is 9.88 Å². The van der Waals surface area contributed by atoms with Gasteiger partial charge in [-0.05, 0) is 53.5 Å². The molecule has 3 rings (SSSR count). The predicted octanol–water partition coefficient (Wildman–Crippen LogP) is 3.48. The second kappa shape index (κ2) is 6.20. The molecule has 1 fully saturated rings. The van der Waals surface area contributed by atoms with Crippen molar-refractivity contribution >= 4 is 38.2 Å². The van der Waals surface area contributed by atoms with E-state index in [1.165, 1.54) is 12.8 Å². The number of pyridine rings is 1. The van der Waals surface area contributed by atoms with Gasteiger partial charge in [0.1, 0.15) is 0 Å². The molecular weight excluding hydrogens is 328 g/mol. The molecule has 0 saturated heterocycles. The number of nitrogens with zero attached hydrogens (tertiary/aromatic N) is 2. The van der Waals surface area contributed by atoms with Crippen LogP contribution in [0, 0.1) is 0 Å². The molecule has 1 aromatic carbocycles. The number of fused-ring (bicyclic) bond motifs is 1. The van der Waals surface area contributed by atoms with E-state index in [4.69, 9.17) is 5.73 Å². The molecule has 1 aliphatic rings. The van der Waals surface area contributed by atoms with E-state index in [0.29, 0.717) is 0 Å². The SMILES string of the molecule is CCN(CCNc1ccc(N)c2cc(Br)cnc12)C1CC1. The van der Waals surface area contributed by atoms with Crippen molar-refractivity contribution in [2.75, 3.05) is 30.7 Å². The number of nitrogens with two attached hydrogens (primary N) is 1. The van der Waals surface area contributed by atoms with Gasteiger partial charge in [0, 0.05) is 40.9 Å². The van der Waals surface area contributed by atoms with Gasteiger partial charge in [-0.15, -0.1) is 0 Å². The molecule has 2 aromatic rings. The lowest BCUT2D eigenvalue weighted by Crippen LogP contribution is -2.30. The van der Waals surface area contributed by atoms with Crippen LogP contribution >= 0.6 is 15.9 Å². The summed E-state index contributed by atoms with van der Waals surface area (Å²) in [5.41, 5.74) is 8.80. The molecule has 0 atom stereocenters. The summed E-state index contributed by atoms with van der Waals surface area (Å²) in [6.07, 6.45) is 4.53. The van der Waals surface area contributed by atoms with Crippen LogP contribution in [0.5, 0.6) is 0 Å². The maximum Gasteiger partial charge on any atom is 0.0954 e. The van der Waals surface area contributed by atoms with Gasteiger partial charge in [-0.1, -0.05) is 6.92 Å². The second-order valence-electron chi connectivity index (χ2n) is 5.54. The molecule has 5 heteroatoms. The van der Waals surface area contributed by atoms with Gasteiger partial charge >= 0.3 is 0 Å². The Labute approximate surface area is 133 Å². The highest BCUT2D eigenvalue weighted by molar-refractivity contribution is 9.10. The minimum absolute atomic E-state index is 0.762. The zero-order valence-corrected chi connectivity index (χ0v) is 13.9. The van der Waals surface area contributed by atoms with Crippen molar-refractivity contribution in [2.45, 2.75) is 25.8 Å². The van der Waals surface area contributed by atoms with E-state index in [-0.39, 0.29) is 0 Å². The Hall–Kier alpha value is -1.33. The Morgan fingerprint density at radius 1 is 1.43 bits per heavy atom. The third-order valence-corrected chi connectivity index (χ3v) is 4.47. The Bertz CT molecular complexity index is 639. The molecule has 1 heterocycles. The van der Waals surface area contributed by atoms with Crippen LogP contribution < -0.4 is 11.1 Å². The standard InChI is InChI=1S/C16H21BrN4/c1-2-21(12-3-4-12)8-7-19-15-6-5-14(18)13-9-11(17)10-20-16(13)15/h5-6,9-10,12,19H,2-4,7-8,18H2,1H3. The smallest absolute Gasteiger partial charge is 0.0954 e. The number of rotatable bonds is 6. The molecule has 0 spiro atoms. The number of nitrogen functional groups attached to an aromatic ring is 1. The molecule has 0 amide bonds. The Kier molecular flexibility index (Phi) is 4.31. The van der Waals surface area contributed by atoms with Gasteiger partial charge in [-0.2, -0.15) is 0 Å². The minimum atomic E-state index is 0.762. The van der Waals surface area contributed by atoms with Crippen LogP contribution in [0.25, 0.3) is 10.9 Å². The summed E-state index contributed by atoms with van der Waals surface area (Å²) in [4.78, 5) is 7.04. The van der Waals surface area contributed by atoms with Crippen molar-refractivity contribution in [3.05, 3.63) is 28.9 Å². The second-order valence-corrected chi connectivity index (χ2v) is 6.45. The van der Waals surface area contributed by atoms with Crippen LogP contribution in [0.1, 0.15) is 19.8 Å². The molecule has 0 bridgehead atoms. The van der Waals surface area contributed by atoms with Crippen molar-refractivity contribution < 1.29 is 0 Å². The highest BCUT2D eigenvalue weighted by atomic mass is 79.9. The topological polar surface area (TPSA) is 54.2 Å². The first-order chi connectivity index (χ1) is 10.2. The lowest BCUT2D eigenvalue weighted by atomic mass is 10.1. The van der Waals surface area contributed by atoms with Crippen LogP contribution in [0.15, 0.2) is 28.9 Å². The van der Waals surface area contributed by atoms with E-state index >= 15 is 0 Å². The van der Waals surface area contributed by atoms with Crippen LogP contribution in [-0.2, 0) is 0 Å². The van der Waals surface area contributed by atoms with Gasteiger partial charge in [0.15, 0.2) is 0 Å². The number of benzene rings is 1. The van der Waals surface area contributed by atoms with Gasteiger partial charge < -0.3 is 11.1 Å². The van der Waals surface area contributed by atoms with E-state index in [1.807, 2.05) is 24.4 Å².